The average Bonchev–Trinajstić information content (AvgIpc) is 2.32. The second kappa shape index (κ2) is 4.55. The Morgan fingerprint density at radius 2 is 2.25 bits per heavy atom. The largest absolute Gasteiger partial charge is 0.495 e. The van der Waals surface area contributed by atoms with Crippen LogP contribution < -0.4 is 9.64 Å². The van der Waals surface area contributed by atoms with E-state index >= 15 is 0 Å². The number of anilines is 1. The molecule has 86 valence electrons. The van der Waals surface area contributed by atoms with Crippen molar-refractivity contribution in [3.05, 3.63) is 29.8 Å². The van der Waals surface area contributed by atoms with Crippen molar-refractivity contribution in [1.29, 1.82) is 0 Å². The summed E-state index contributed by atoms with van der Waals surface area (Å²) in [5.41, 5.74) is 1.81. The molecule has 1 aliphatic heterocycles. The van der Waals surface area contributed by atoms with E-state index < -0.39 is 6.23 Å². The fraction of sp³-hybridized carbons (Fsp3) is 0.333. The van der Waals surface area contributed by atoms with E-state index in [4.69, 9.17) is 9.84 Å². The summed E-state index contributed by atoms with van der Waals surface area (Å²) in [6.07, 6.45) is 2.84. The number of aliphatic hydroxyl groups is 2. The van der Waals surface area contributed by atoms with E-state index in [0.29, 0.717) is 12.3 Å². The summed E-state index contributed by atoms with van der Waals surface area (Å²) in [6.45, 7) is 0.362. The summed E-state index contributed by atoms with van der Waals surface area (Å²) in [5.74, 6) is 0.703. The highest BCUT2D eigenvalue weighted by Gasteiger charge is 2.23. The van der Waals surface area contributed by atoms with Gasteiger partial charge in [-0.1, -0.05) is 18.2 Å². The van der Waals surface area contributed by atoms with Gasteiger partial charge in [0.05, 0.1) is 19.4 Å². The molecule has 1 heterocycles. The number of methoxy groups -OCH3 is 1. The molecule has 0 bridgehead atoms. The van der Waals surface area contributed by atoms with Crippen molar-refractivity contribution in [2.24, 2.45) is 0 Å². The number of β-amino-alcohol motifs (C(OH)–C–C–N with tert-alkyl or cyclic N) is 1. The highest BCUT2D eigenvalue weighted by molar-refractivity contribution is 5.77. The molecular weight excluding hydrogens is 206 g/mol. The van der Waals surface area contributed by atoms with Crippen molar-refractivity contribution >= 4 is 11.8 Å². The zero-order chi connectivity index (χ0) is 11.5. The van der Waals surface area contributed by atoms with Gasteiger partial charge in [0.25, 0.3) is 0 Å². The van der Waals surface area contributed by atoms with Crippen LogP contribution in [0.4, 0.5) is 5.69 Å². The summed E-state index contributed by atoms with van der Waals surface area (Å²) in [6, 6.07) is 5.69. The molecule has 4 heteroatoms. The molecule has 16 heavy (non-hydrogen) atoms. The van der Waals surface area contributed by atoms with Crippen LogP contribution in [-0.2, 0) is 0 Å². The molecule has 0 spiro atoms. The molecule has 1 aromatic rings. The van der Waals surface area contributed by atoms with Crippen molar-refractivity contribution < 1.29 is 14.9 Å². The van der Waals surface area contributed by atoms with Crippen LogP contribution in [-0.4, -0.2) is 36.7 Å². The first-order chi connectivity index (χ1) is 7.77. The molecule has 0 amide bonds. The molecule has 1 atom stereocenters. The van der Waals surface area contributed by atoms with E-state index in [2.05, 4.69) is 0 Å². The molecule has 2 N–H and O–H groups in total. The van der Waals surface area contributed by atoms with Crippen LogP contribution in [0, 0.1) is 0 Å². The molecule has 1 unspecified atom stereocenters. The summed E-state index contributed by atoms with van der Waals surface area (Å²) < 4.78 is 5.27. The maximum atomic E-state index is 9.84. The Bertz CT molecular complexity index is 403. The zero-order valence-corrected chi connectivity index (χ0v) is 9.13. The minimum absolute atomic E-state index is 0.0115. The fourth-order valence-corrected chi connectivity index (χ4v) is 1.92. The Balaban J connectivity index is 2.48. The third kappa shape index (κ3) is 1.77. The normalized spacial score (nSPS) is 18.4. The topological polar surface area (TPSA) is 52.9 Å². The number of rotatable bonds is 3. The van der Waals surface area contributed by atoms with Crippen LogP contribution in [0.25, 0.3) is 6.08 Å². The Kier molecular flexibility index (Phi) is 3.12. The number of nitrogens with zero attached hydrogens (tertiary/aromatic N) is 1. The Morgan fingerprint density at radius 1 is 1.44 bits per heavy atom. The molecule has 0 radical (unpaired) electrons. The molecule has 1 aliphatic rings. The van der Waals surface area contributed by atoms with Gasteiger partial charge in [0.15, 0.2) is 0 Å². The van der Waals surface area contributed by atoms with Crippen molar-refractivity contribution in [1.82, 2.24) is 0 Å². The van der Waals surface area contributed by atoms with Crippen molar-refractivity contribution in [2.45, 2.75) is 6.23 Å². The van der Waals surface area contributed by atoms with Crippen LogP contribution in [0.5, 0.6) is 5.75 Å². The Morgan fingerprint density at radius 3 is 2.94 bits per heavy atom. The van der Waals surface area contributed by atoms with Gasteiger partial charge >= 0.3 is 0 Å². The third-order valence-corrected chi connectivity index (χ3v) is 2.65. The molecule has 0 saturated heterocycles. The van der Waals surface area contributed by atoms with Gasteiger partial charge in [-0.15, -0.1) is 0 Å². The maximum Gasteiger partial charge on any atom is 0.146 e. The summed E-state index contributed by atoms with van der Waals surface area (Å²) in [5, 5.41) is 18.8. The van der Waals surface area contributed by atoms with Crippen LogP contribution in [0.2, 0.25) is 0 Å². The predicted octanol–water partition coefficient (Wildman–Crippen LogP) is 0.839. The predicted molar refractivity (Wildman–Crippen MR) is 62.5 cm³/mol. The van der Waals surface area contributed by atoms with Crippen LogP contribution in [0.1, 0.15) is 5.56 Å². The van der Waals surface area contributed by atoms with Crippen molar-refractivity contribution in [3.8, 4) is 5.75 Å². The smallest absolute Gasteiger partial charge is 0.146 e. The molecular formula is C12H15NO3. The van der Waals surface area contributed by atoms with Gasteiger partial charge < -0.3 is 19.8 Å². The second-order valence-electron chi connectivity index (χ2n) is 3.59. The molecule has 4 nitrogen and oxygen atoms in total. The first-order valence-electron chi connectivity index (χ1n) is 5.18. The monoisotopic (exact) mass is 221 g/mol. The lowest BCUT2D eigenvalue weighted by Gasteiger charge is -2.33. The minimum Gasteiger partial charge on any atom is -0.495 e. The summed E-state index contributed by atoms with van der Waals surface area (Å²) >= 11 is 0. The quantitative estimate of drug-likeness (QED) is 0.794. The van der Waals surface area contributed by atoms with E-state index in [1.165, 1.54) is 0 Å². The highest BCUT2D eigenvalue weighted by atomic mass is 16.5. The van der Waals surface area contributed by atoms with E-state index in [1.54, 1.807) is 18.1 Å². The van der Waals surface area contributed by atoms with Crippen LogP contribution in [0.3, 0.4) is 0 Å². The van der Waals surface area contributed by atoms with Gasteiger partial charge in [0.2, 0.25) is 0 Å². The maximum absolute atomic E-state index is 9.84. The molecule has 0 aliphatic carbocycles. The number of aliphatic hydroxyl groups excluding tert-OH is 2. The summed E-state index contributed by atoms with van der Waals surface area (Å²) in [4.78, 5) is 1.72. The number of hydrogen-bond acceptors (Lipinski definition) is 4. The van der Waals surface area contributed by atoms with Crippen molar-refractivity contribution in [3.63, 3.8) is 0 Å². The number of para-hydroxylation sites is 1. The number of ether oxygens (including phenoxy) is 1. The fourth-order valence-electron chi connectivity index (χ4n) is 1.92. The standard InChI is InChI=1S/C12H15NO3/c1-16-10-4-2-3-9-5-6-11(15)13(7-8-14)12(9)10/h2-6,11,14-15H,7-8H2,1H3. The van der Waals surface area contributed by atoms with E-state index in [0.717, 1.165) is 11.3 Å². The highest BCUT2D eigenvalue weighted by Crippen LogP contribution is 2.36. The SMILES string of the molecule is COc1cccc2c1N(CCO)C(O)C=C2. The van der Waals surface area contributed by atoms with E-state index in [-0.39, 0.29) is 6.61 Å². The zero-order valence-electron chi connectivity index (χ0n) is 9.13. The van der Waals surface area contributed by atoms with E-state index in [9.17, 15) is 5.11 Å². The first-order valence-corrected chi connectivity index (χ1v) is 5.18. The lowest BCUT2D eigenvalue weighted by molar-refractivity contribution is 0.200. The number of hydrogen-bond donors (Lipinski definition) is 2. The molecule has 0 aromatic heterocycles. The van der Waals surface area contributed by atoms with Gasteiger partial charge in [-0.25, -0.2) is 0 Å². The molecule has 1 aromatic carbocycles. The minimum atomic E-state index is -0.712. The van der Waals surface area contributed by atoms with Gasteiger partial charge in [0.1, 0.15) is 12.0 Å². The average molecular weight is 221 g/mol. The lowest BCUT2D eigenvalue weighted by atomic mass is 10.1. The first kappa shape index (κ1) is 11.0. The molecule has 2 rings (SSSR count). The van der Waals surface area contributed by atoms with Gasteiger partial charge in [-0.05, 0) is 12.1 Å². The van der Waals surface area contributed by atoms with Gasteiger partial charge in [0, 0.05) is 12.1 Å². The molecule has 0 fully saturated rings. The van der Waals surface area contributed by atoms with Crippen LogP contribution >= 0.6 is 0 Å². The number of fused-ring (bicyclic) bond motifs is 1. The Labute approximate surface area is 94.4 Å². The lowest BCUT2D eigenvalue weighted by Crippen LogP contribution is -2.38. The van der Waals surface area contributed by atoms with Crippen molar-refractivity contribution in [2.75, 3.05) is 25.2 Å². The van der Waals surface area contributed by atoms with Crippen LogP contribution in [0.15, 0.2) is 24.3 Å². The molecule has 0 saturated carbocycles. The van der Waals surface area contributed by atoms with E-state index in [1.807, 2.05) is 24.3 Å². The van der Waals surface area contributed by atoms with Gasteiger partial charge in [-0.2, -0.15) is 0 Å². The Hall–Kier alpha value is -1.52. The van der Waals surface area contributed by atoms with Gasteiger partial charge in [-0.3, -0.25) is 0 Å². The summed E-state index contributed by atoms with van der Waals surface area (Å²) in [7, 11) is 1.59. The number of benzene rings is 1. The third-order valence-electron chi connectivity index (χ3n) is 2.65. The second-order valence-corrected chi connectivity index (χ2v) is 3.59.